The molecule has 68 valence electrons. The van der Waals surface area contributed by atoms with Crippen molar-refractivity contribution < 1.29 is 9.59 Å². The van der Waals surface area contributed by atoms with Gasteiger partial charge in [0, 0.05) is 5.92 Å². The second-order valence-corrected chi connectivity index (χ2v) is 3.56. The lowest BCUT2D eigenvalue weighted by molar-refractivity contribution is -0.123. The van der Waals surface area contributed by atoms with Crippen molar-refractivity contribution in [3.8, 4) is 6.07 Å². The van der Waals surface area contributed by atoms with Crippen LogP contribution in [0.2, 0.25) is 0 Å². The van der Waals surface area contributed by atoms with E-state index in [9.17, 15) is 9.59 Å². The van der Waals surface area contributed by atoms with Gasteiger partial charge in [0.2, 0.25) is 0 Å². The van der Waals surface area contributed by atoms with E-state index in [-0.39, 0.29) is 11.8 Å². The van der Waals surface area contributed by atoms with Gasteiger partial charge in [-0.2, -0.15) is 5.26 Å². The Balaban J connectivity index is 2.20. The van der Waals surface area contributed by atoms with Crippen LogP contribution < -0.4 is 10.6 Å². The van der Waals surface area contributed by atoms with Gasteiger partial charge in [-0.3, -0.25) is 10.1 Å². The predicted molar refractivity (Wildman–Crippen MR) is 42.4 cm³/mol. The molecule has 1 saturated carbocycles. The van der Waals surface area contributed by atoms with Gasteiger partial charge in [0.25, 0.3) is 5.91 Å². The fourth-order valence-electron chi connectivity index (χ4n) is 2.00. The summed E-state index contributed by atoms with van der Waals surface area (Å²) in [5.41, 5.74) is -0.780. The van der Waals surface area contributed by atoms with Crippen molar-refractivity contribution in [2.45, 2.75) is 24.8 Å². The zero-order valence-electron chi connectivity index (χ0n) is 6.96. The molecule has 1 spiro atoms. The van der Waals surface area contributed by atoms with Crippen LogP contribution in [0.15, 0.2) is 0 Å². The lowest BCUT2D eigenvalue weighted by Crippen LogP contribution is -2.44. The van der Waals surface area contributed by atoms with Gasteiger partial charge in [-0.15, -0.1) is 0 Å². The normalized spacial score (nSPS) is 37.3. The predicted octanol–water partition coefficient (Wildman–Crippen LogP) is -0.112. The average Bonchev–Trinajstić information content (AvgIpc) is 2.59. The molecular weight excluding hydrogens is 170 g/mol. The van der Waals surface area contributed by atoms with Gasteiger partial charge < -0.3 is 5.32 Å². The van der Waals surface area contributed by atoms with E-state index in [1.807, 2.05) is 0 Å². The zero-order valence-corrected chi connectivity index (χ0v) is 6.96. The standard InChI is InChI=1S/C8H9N3O2/c9-4-5-1-2-8(3-5)6(12)10-7(13)11-8/h5H,1-3H2,(H2,10,11,12,13). The van der Waals surface area contributed by atoms with Gasteiger partial charge in [-0.05, 0) is 19.3 Å². The van der Waals surface area contributed by atoms with Crippen LogP contribution in [0.1, 0.15) is 19.3 Å². The number of nitriles is 1. The number of imide groups is 1. The summed E-state index contributed by atoms with van der Waals surface area (Å²) in [7, 11) is 0. The molecule has 0 bridgehead atoms. The van der Waals surface area contributed by atoms with Gasteiger partial charge in [-0.25, -0.2) is 4.79 Å². The minimum atomic E-state index is -0.780. The number of urea groups is 1. The molecule has 1 aliphatic heterocycles. The molecule has 3 amide bonds. The van der Waals surface area contributed by atoms with Crippen molar-refractivity contribution >= 4 is 11.9 Å². The summed E-state index contributed by atoms with van der Waals surface area (Å²) in [5.74, 6) is -0.389. The summed E-state index contributed by atoms with van der Waals surface area (Å²) in [5, 5.41) is 13.5. The van der Waals surface area contributed by atoms with E-state index in [1.165, 1.54) is 0 Å². The number of amides is 3. The summed E-state index contributed by atoms with van der Waals surface area (Å²) in [4.78, 5) is 22.3. The first-order valence-corrected chi connectivity index (χ1v) is 4.19. The second kappa shape index (κ2) is 2.46. The molecule has 5 heteroatoms. The molecule has 2 unspecified atom stereocenters. The maximum absolute atomic E-state index is 11.4. The molecular formula is C8H9N3O2. The monoisotopic (exact) mass is 179 g/mol. The Hall–Kier alpha value is -1.57. The van der Waals surface area contributed by atoms with E-state index in [1.54, 1.807) is 0 Å². The smallest absolute Gasteiger partial charge is 0.322 e. The van der Waals surface area contributed by atoms with Crippen LogP contribution >= 0.6 is 0 Å². The van der Waals surface area contributed by atoms with Gasteiger partial charge in [0.05, 0.1) is 6.07 Å². The minimum Gasteiger partial charge on any atom is -0.323 e. The van der Waals surface area contributed by atoms with Crippen LogP contribution in [-0.2, 0) is 4.79 Å². The molecule has 0 aromatic carbocycles. The van der Waals surface area contributed by atoms with Crippen molar-refractivity contribution in [1.29, 1.82) is 5.26 Å². The Morgan fingerprint density at radius 1 is 1.54 bits per heavy atom. The van der Waals surface area contributed by atoms with Crippen molar-refractivity contribution in [2.24, 2.45) is 5.92 Å². The summed E-state index contributed by atoms with van der Waals surface area (Å²) in [6.45, 7) is 0. The molecule has 0 aromatic heterocycles. The van der Waals surface area contributed by atoms with Crippen LogP contribution in [0, 0.1) is 17.2 Å². The molecule has 2 fully saturated rings. The lowest BCUT2D eigenvalue weighted by atomic mass is 9.97. The Morgan fingerprint density at radius 3 is 2.77 bits per heavy atom. The van der Waals surface area contributed by atoms with E-state index in [0.717, 1.165) is 0 Å². The Bertz CT molecular complexity index is 320. The number of hydrogen-bond acceptors (Lipinski definition) is 3. The molecule has 13 heavy (non-hydrogen) atoms. The van der Waals surface area contributed by atoms with Gasteiger partial charge in [-0.1, -0.05) is 0 Å². The fourth-order valence-corrected chi connectivity index (χ4v) is 2.00. The number of rotatable bonds is 0. The van der Waals surface area contributed by atoms with E-state index in [2.05, 4.69) is 16.7 Å². The van der Waals surface area contributed by atoms with Crippen molar-refractivity contribution in [3.05, 3.63) is 0 Å². The van der Waals surface area contributed by atoms with Crippen LogP contribution in [0.25, 0.3) is 0 Å². The third-order valence-electron chi connectivity index (χ3n) is 2.71. The quantitative estimate of drug-likeness (QED) is 0.509. The summed E-state index contributed by atoms with van der Waals surface area (Å²) >= 11 is 0. The second-order valence-electron chi connectivity index (χ2n) is 3.56. The molecule has 2 aliphatic rings. The number of carbonyl (C=O) groups excluding carboxylic acids is 2. The number of nitrogens with zero attached hydrogens (tertiary/aromatic N) is 1. The van der Waals surface area contributed by atoms with Gasteiger partial charge in [0.1, 0.15) is 5.54 Å². The molecule has 5 nitrogen and oxygen atoms in total. The summed E-state index contributed by atoms with van der Waals surface area (Å²) < 4.78 is 0. The first-order chi connectivity index (χ1) is 6.16. The van der Waals surface area contributed by atoms with E-state index < -0.39 is 11.6 Å². The fraction of sp³-hybridized carbons (Fsp3) is 0.625. The number of carbonyl (C=O) groups is 2. The third kappa shape index (κ3) is 1.06. The maximum Gasteiger partial charge on any atom is 0.322 e. The van der Waals surface area contributed by atoms with Crippen molar-refractivity contribution in [3.63, 3.8) is 0 Å². The van der Waals surface area contributed by atoms with E-state index >= 15 is 0 Å². The Morgan fingerprint density at radius 2 is 2.31 bits per heavy atom. The molecule has 2 atom stereocenters. The Labute approximate surface area is 75.1 Å². The van der Waals surface area contributed by atoms with Crippen LogP contribution in [0.5, 0.6) is 0 Å². The van der Waals surface area contributed by atoms with Gasteiger partial charge in [0.15, 0.2) is 0 Å². The molecule has 1 aliphatic carbocycles. The first-order valence-electron chi connectivity index (χ1n) is 4.19. The van der Waals surface area contributed by atoms with Gasteiger partial charge >= 0.3 is 6.03 Å². The first kappa shape index (κ1) is 8.05. The topological polar surface area (TPSA) is 82.0 Å². The molecule has 1 heterocycles. The molecule has 2 rings (SSSR count). The summed E-state index contributed by atoms with van der Waals surface area (Å²) in [6, 6.07) is 1.68. The van der Waals surface area contributed by atoms with Crippen molar-refractivity contribution in [2.75, 3.05) is 0 Å². The highest BCUT2D eigenvalue weighted by Gasteiger charge is 2.50. The van der Waals surface area contributed by atoms with Crippen LogP contribution in [-0.4, -0.2) is 17.5 Å². The van der Waals surface area contributed by atoms with Crippen LogP contribution in [0.3, 0.4) is 0 Å². The zero-order chi connectivity index (χ0) is 9.47. The highest BCUT2D eigenvalue weighted by atomic mass is 16.2. The highest BCUT2D eigenvalue weighted by Crippen LogP contribution is 2.35. The average molecular weight is 179 g/mol. The molecule has 0 radical (unpaired) electrons. The lowest BCUT2D eigenvalue weighted by Gasteiger charge is -2.18. The van der Waals surface area contributed by atoms with Crippen LogP contribution in [0.4, 0.5) is 4.79 Å². The number of nitrogens with one attached hydrogen (secondary N) is 2. The molecule has 2 N–H and O–H groups in total. The Kier molecular flexibility index (Phi) is 1.52. The van der Waals surface area contributed by atoms with E-state index in [0.29, 0.717) is 19.3 Å². The maximum atomic E-state index is 11.4. The van der Waals surface area contributed by atoms with E-state index in [4.69, 9.17) is 5.26 Å². The van der Waals surface area contributed by atoms with Crippen molar-refractivity contribution in [1.82, 2.24) is 10.6 Å². The number of hydrogen-bond donors (Lipinski definition) is 2. The minimum absolute atomic E-state index is 0.107. The molecule has 0 aromatic rings. The third-order valence-corrected chi connectivity index (χ3v) is 2.71. The largest absolute Gasteiger partial charge is 0.323 e. The highest BCUT2D eigenvalue weighted by molar-refractivity contribution is 6.07. The summed E-state index contributed by atoms with van der Waals surface area (Å²) in [6.07, 6.45) is 1.70. The SMILES string of the molecule is N#CC1CCC2(C1)NC(=O)NC2=O. The molecule has 1 saturated heterocycles.